The molecule has 0 radical (unpaired) electrons. The van der Waals surface area contributed by atoms with Crippen LogP contribution in [0.1, 0.15) is 5.56 Å². The van der Waals surface area contributed by atoms with E-state index in [1.54, 1.807) is 18.2 Å². The van der Waals surface area contributed by atoms with E-state index in [0.717, 1.165) is 5.56 Å². The topological polar surface area (TPSA) is 79.9 Å². The number of carbonyl (C=O) groups excluding carboxylic acids is 1. The average Bonchev–Trinajstić information content (AvgIpc) is 3.03. The van der Waals surface area contributed by atoms with E-state index in [2.05, 4.69) is 20.5 Å². The van der Waals surface area contributed by atoms with Crippen molar-refractivity contribution in [2.45, 2.75) is 6.92 Å². The summed E-state index contributed by atoms with van der Waals surface area (Å²) in [5.74, 6) is 0.510. The third kappa shape index (κ3) is 3.75. The van der Waals surface area contributed by atoms with Gasteiger partial charge in [0.05, 0.1) is 0 Å². The Morgan fingerprint density at radius 1 is 1.21 bits per heavy atom. The predicted molar refractivity (Wildman–Crippen MR) is 87.1 cm³/mol. The van der Waals surface area contributed by atoms with Crippen LogP contribution in [0.4, 0.5) is 10.3 Å². The van der Waals surface area contributed by atoms with Gasteiger partial charge in [-0.25, -0.2) is 4.39 Å². The summed E-state index contributed by atoms with van der Waals surface area (Å²) in [5.41, 5.74) is 1.61. The fourth-order valence-electron chi connectivity index (χ4n) is 2.08. The monoisotopic (exact) mass is 326 g/mol. The van der Waals surface area contributed by atoms with E-state index in [9.17, 15) is 9.18 Å². The van der Waals surface area contributed by atoms with Gasteiger partial charge in [-0.1, -0.05) is 18.2 Å². The van der Waals surface area contributed by atoms with Crippen LogP contribution in [0, 0.1) is 12.7 Å². The number of ether oxygens (including phenoxy) is 1. The number of anilines is 1. The number of aromatic nitrogens is 3. The van der Waals surface area contributed by atoms with Crippen LogP contribution in [-0.2, 0) is 4.79 Å². The van der Waals surface area contributed by atoms with Crippen molar-refractivity contribution in [1.29, 1.82) is 0 Å². The molecule has 7 heteroatoms. The lowest BCUT2D eigenvalue weighted by Gasteiger charge is -2.07. The molecule has 6 nitrogen and oxygen atoms in total. The summed E-state index contributed by atoms with van der Waals surface area (Å²) in [7, 11) is 0. The maximum Gasteiger partial charge on any atom is 0.264 e. The molecular weight excluding hydrogens is 311 g/mol. The molecule has 0 aliphatic carbocycles. The number of hydrogen-bond acceptors (Lipinski definition) is 4. The largest absolute Gasteiger partial charge is 0.483 e. The first kappa shape index (κ1) is 15.7. The van der Waals surface area contributed by atoms with Gasteiger partial charge in [0.2, 0.25) is 5.95 Å². The zero-order valence-electron chi connectivity index (χ0n) is 12.9. The van der Waals surface area contributed by atoms with Gasteiger partial charge < -0.3 is 4.74 Å². The van der Waals surface area contributed by atoms with E-state index < -0.39 is 0 Å². The highest BCUT2D eigenvalue weighted by atomic mass is 19.1. The number of halogens is 1. The Kier molecular flexibility index (Phi) is 4.51. The second-order valence-corrected chi connectivity index (χ2v) is 5.12. The Morgan fingerprint density at radius 2 is 1.96 bits per heavy atom. The lowest BCUT2D eigenvalue weighted by atomic mass is 10.2. The Morgan fingerprint density at radius 3 is 2.71 bits per heavy atom. The number of H-pyrrole nitrogens is 1. The van der Waals surface area contributed by atoms with Gasteiger partial charge in [0.1, 0.15) is 11.6 Å². The van der Waals surface area contributed by atoms with E-state index in [4.69, 9.17) is 4.74 Å². The Hall–Kier alpha value is -3.22. The SMILES string of the molecule is Cc1ccccc1OCC(=O)Nc1n[nH]c(-c2ccc(F)cc2)n1. The molecule has 0 bridgehead atoms. The molecule has 0 aliphatic heterocycles. The number of aromatic amines is 1. The molecule has 0 aliphatic rings. The van der Waals surface area contributed by atoms with Crippen LogP contribution in [0.15, 0.2) is 48.5 Å². The van der Waals surface area contributed by atoms with E-state index >= 15 is 0 Å². The van der Waals surface area contributed by atoms with Crippen LogP contribution in [-0.4, -0.2) is 27.7 Å². The molecule has 0 spiro atoms. The highest BCUT2D eigenvalue weighted by Crippen LogP contribution is 2.17. The molecule has 0 fully saturated rings. The number of amides is 1. The van der Waals surface area contributed by atoms with E-state index in [1.165, 1.54) is 12.1 Å². The van der Waals surface area contributed by atoms with Crippen LogP contribution in [0.5, 0.6) is 5.75 Å². The quantitative estimate of drug-likeness (QED) is 0.755. The number of aryl methyl sites for hydroxylation is 1. The van der Waals surface area contributed by atoms with Gasteiger partial charge >= 0.3 is 0 Å². The van der Waals surface area contributed by atoms with Gasteiger partial charge in [0.25, 0.3) is 5.91 Å². The molecule has 0 unspecified atom stereocenters. The van der Waals surface area contributed by atoms with Gasteiger partial charge in [-0.05, 0) is 42.8 Å². The molecule has 0 saturated carbocycles. The highest BCUT2D eigenvalue weighted by molar-refractivity contribution is 5.90. The number of rotatable bonds is 5. The molecule has 2 aromatic carbocycles. The molecular formula is C17H15FN4O2. The van der Waals surface area contributed by atoms with Crippen LogP contribution in [0.2, 0.25) is 0 Å². The number of benzene rings is 2. The Labute approximate surface area is 137 Å². The summed E-state index contributed by atoms with van der Waals surface area (Å²) >= 11 is 0. The van der Waals surface area contributed by atoms with Crippen molar-refractivity contribution < 1.29 is 13.9 Å². The average molecular weight is 326 g/mol. The fourth-order valence-corrected chi connectivity index (χ4v) is 2.08. The van der Waals surface area contributed by atoms with Crippen molar-refractivity contribution in [1.82, 2.24) is 15.2 Å². The molecule has 122 valence electrons. The summed E-state index contributed by atoms with van der Waals surface area (Å²) < 4.78 is 18.4. The molecule has 3 rings (SSSR count). The molecule has 0 saturated heterocycles. The summed E-state index contributed by atoms with van der Waals surface area (Å²) in [6.07, 6.45) is 0. The second kappa shape index (κ2) is 6.91. The number of nitrogens with zero attached hydrogens (tertiary/aromatic N) is 2. The van der Waals surface area contributed by atoms with Gasteiger partial charge in [0, 0.05) is 5.56 Å². The molecule has 1 aromatic heterocycles. The van der Waals surface area contributed by atoms with Gasteiger partial charge in [-0.15, -0.1) is 5.10 Å². The van der Waals surface area contributed by atoms with Crippen LogP contribution in [0.3, 0.4) is 0 Å². The first-order valence-corrected chi connectivity index (χ1v) is 7.28. The zero-order valence-corrected chi connectivity index (χ0v) is 12.9. The summed E-state index contributed by atoms with van der Waals surface area (Å²) in [6, 6.07) is 13.2. The lowest BCUT2D eigenvalue weighted by Crippen LogP contribution is -2.21. The Balaban J connectivity index is 1.59. The Bertz CT molecular complexity index is 846. The summed E-state index contributed by atoms with van der Waals surface area (Å²) in [4.78, 5) is 16.1. The van der Waals surface area contributed by atoms with Gasteiger partial charge in [0.15, 0.2) is 12.4 Å². The van der Waals surface area contributed by atoms with Gasteiger partial charge in [-0.3, -0.25) is 15.2 Å². The van der Waals surface area contributed by atoms with Crippen molar-refractivity contribution in [2.24, 2.45) is 0 Å². The summed E-state index contributed by atoms with van der Waals surface area (Å²) in [6.45, 7) is 1.75. The van der Waals surface area contributed by atoms with E-state index in [-0.39, 0.29) is 24.3 Å². The third-order valence-electron chi connectivity index (χ3n) is 3.31. The standard InChI is InChI=1S/C17H15FN4O2/c1-11-4-2-3-5-14(11)24-10-15(23)19-17-20-16(21-22-17)12-6-8-13(18)9-7-12/h2-9H,10H2,1H3,(H2,19,20,21,22,23). The summed E-state index contributed by atoms with van der Waals surface area (Å²) in [5, 5.41) is 9.14. The lowest BCUT2D eigenvalue weighted by molar-refractivity contribution is -0.118. The number of para-hydroxylation sites is 1. The maximum absolute atomic E-state index is 12.9. The minimum absolute atomic E-state index is 0.132. The first-order chi connectivity index (χ1) is 11.6. The van der Waals surface area contributed by atoms with E-state index in [1.807, 2.05) is 25.1 Å². The van der Waals surface area contributed by atoms with E-state index in [0.29, 0.717) is 17.1 Å². The maximum atomic E-state index is 12.9. The fraction of sp³-hybridized carbons (Fsp3) is 0.118. The molecule has 3 aromatic rings. The smallest absolute Gasteiger partial charge is 0.264 e. The number of nitrogens with one attached hydrogen (secondary N) is 2. The molecule has 1 amide bonds. The second-order valence-electron chi connectivity index (χ2n) is 5.12. The minimum atomic E-state index is -0.372. The number of hydrogen-bond donors (Lipinski definition) is 2. The molecule has 1 heterocycles. The number of carbonyl (C=O) groups is 1. The van der Waals surface area contributed by atoms with Crippen LogP contribution < -0.4 is 10.1 Å². The third-order valence-corrected chi connectivity index (χ3v) is 3.31. The normalized spacial score (nSPS) is 10.4. The van der Waals surface area contributed by atoms with Crippen molar-refractivity contribution >= 4 is 11.9 Å². The zero-order chi connectivity index (χ0) is 16.9. The minimum Gasteiger partial charge on any atom is -0.483 e. The highest BCUT2D eigenvalue weighted by Gasteiger charge is 2.10. The molecule has 0 atom stereocenters. The van der Waals surface area contributed by atoms with Gasteiger partial charge in [-0.2, -0.15) is 4.98 Å². The first-order valence-electron chi connectivity index (χ1n) is 7.28. The predicted octanol–water partition coefficient (Wildman–Crippen LogP) is 2.94. The van der Waals surface area contributed by atoms with Crippen LogP contribution in [0.25, 0.3) is 11.4 Å². The van der Waals surface area contributed by atoms with Crippen molar-refractivity contribution in [3.05, 3.63) is 59.9 Å². The van der Waals surface area contributed by atoms with Crippen LogP contribution >= 0.6 is 0 Å². The van der Waals surface area contributed by atoms with Crippen molar-refractivity contribution in [3.63, 3.8) is 0 Å². The molecule has 2 N–H and O–H groups in total. The van der Waals surface area contributed by atoms with Crippen molar-refractivity contribution in [2.75, 3.05) is 11.9 Å². The molecule has 24 heavy (non-hydrogen) atoms. The van der Waals surface area contributed by atoms with Crippen molar-refractivity contribution in [3.8, 4) is 17.1 Å².